The van der Waals surface area contributed by atoms with E-state index in [4.69, 9.17) is 9.47 Å². The van der Waals surface area contributed by atoms with E-state index in [-0.39, 0.29) is 0 Å². The summed E-state index contributed by atoms with van der Waals surface area (Å²) in [5.74, 6) is 0.922. The van der Waals surface area contributed by atoms with Gasteiger partial charge in [-0.3, -0.25) is 0 Å². The number of halogens is 1. The van der Waals surface area contributed by atoms with Crippen molar-refractivity contribution < 1.29 is 14.8 Å². The predicted molar refractivity (Wildman–Crippen MR) is 67.8 cm³/mol. The van der Waals surface area contributed by atoms with Gasteiger partial charge in [-0.25, -0.2) is 0 Å². The molecule has 4 heteroatoms. The van der Waals surface area contributed by atoms with Crippen LogP contribution < -0.4 is 10.1 Å². The third-order valence-electron chi connectivity index (χ3n) is 2.14. The molecule has 0 fully saturated rings. The van der Waals surface area contributed by atoms with Gasteiger partial charge in [-0.05, 0) is 18.2 Å². The highest BCUT2D eigenvalue weighted by Gasteiger charge is 1.95. The van der Waals surface area contributed by atoms with Crippen LogP contribution in [0, 0.1) is 0 Å². The van der Waals surface area contributed by atoms with E-state index in [0.29, 0.717) is 0 Å². The number of rotatable bonds is 8. The highest BCUT2D eigenvalue weighted by atomic mass is 79.9. The molecule has 1 aromatic carbocycles. The van der Waals surface area contributed by atoms with Gasteiger partial charge in [0, 0.05) is 18.0 Å². The lowest BCUT2D eigenvalue weighted by molar-refractivity contribution is -0.656. The van der Waals surface area contributed by atoms with E-state index in [0.717, 1.165) is 42.9 Å². The lowest BCUT2D eigenvalue weighted by Gasteiger charge is -2.05. The maximum Gasteiger partial charge on any atom is 0.120 e. The Balaban J connectivity index is 2.03. The summed E-state index contributed by atoms with van der Waals surface area (Å²) in [4.78, 5) is 0. The highest BCUT2D eigenvalue weighted by Crippen LogP contribution is 2.17. The lowest BCUT2D eigenvalue weighted by atomic mass is 10.3. The summed E-state index contributed by atoms with van der Waals surface area (Å²) >= 11 is 3.41. The Morgan fingerprint density at radius 1 is 1.25 bits per heavy atom. The maximum atomic E-state index is 5.61. The summed E-state index contributed by atoms with van der Waals surface area (Å²) in [6.07, 6.45) is 1.05. The third-order valence-corrected chi connectivity index (χ3v) is 2.64. The van der Waals surface area contributed by atoms with Crippen molar-refractivity contribution in [3.63, 3.8) is 0 Å². The number of benzene rings is 1. The Kier molecular flexibility index (Phi) is 7.21. The fraction of sp³-hybridized carbons (Fsp3) is 0.500. The fourth-order valence-electron chi connectivity index (χ4n) is 1.32. The summed E-state index contributed by atoms with van der Waals surface area (Å²) in [5.41, 5.74) is 0. The molecule has 0 amide bonds. The monoisotopic (exact) mass is 288 g/mol. The van der Waals surface area contributed by atoms with Crippen molar-refractivity contribution in [2.45, 2.75) is 6.42 Å². The van der Waals surface area contributed by atoms with Crippen LogP contribution in [0.15, 0.2) is 28.7 Å². The molecule has 0 unspecified atom stereocenters. The van der Waals surface area contributed by atoms with Crippen molar-refractivity contribution >= 4 is 15.9 Å². The molecule has 2 N–H and O–H groups in total. The molecule has 16 heavy (non-hydrogen) atoms. The molecule has 0 radical (unpaired) electrons. The SMILES string of the molecule is COCC[NH2+]CCCOc1cccc(Br)c1. The molecule has 3 nitrogen and oxygen atoms in total. The van der Waals surface area contributed by atoms with E-state index in [9.17, 15) is 0 Å². The van der Waals surface area contributed by atoms with Gasteiger partial charge >= 0.3 is 0 Å². The average molecular weight is 289 g/mol. The van der Waals surface area contributed by atoms with Gasteiger partial charge in [0.15, 0.2) is 0 Å². The van der Waals surface area contributed by atoms with Gasteiger partial charge in [0.05, 0.1) is 26.3 Å². The van der Waals surface area contributed by atoms with Crippen LogP contribution in [0.1, 0.15) is 6.42 Å². The minimum Gasteiger partial charge on any atom is -0.493 e. The maximum absolute atomic E-state index is 5.61. The van der Waals surface area contributed by atoms with Crippen LogP contribution >= 0.6 is 15.9 Å². The van der Waals surface area contributed by atoms with Crippen LogP contribution in [0.5, 0.6) is 5.75 Å². The van der Waals surface area contributed by atoms with E-state index in [1.54, 1.807) is 7.11 Å². The van der Waals surface area contributed by atoms with Gasteiger partial charge in [0.2, 0.25) is 0 Å². The smallest absolute Gasteiger partial charge is 0.120 e. The summed E-state index contributed by atoms with van der Waals surface area (Å²) < 4.78 is 11.6. The van der Waals surface area contributed by atoms with Crippen LogP contribution in [0.4, 0.5) is 0 Å². The second kappa shape index (κ2) is 8.56. The van der Waals surface area contributed by atoms with Crippen molar-refractivity contribution in [2.24, 2.45) is 0 Å². The largest absolute Gasteiger partial charge is 0.493 e. The molecular formula is C12H19BrNO2+. The molecule has 90 valence electrons. The summed E-state index contributed by atoms with van der Waals surface area (Å²) in [6, 6.07) is 7.92. The number of hydrogen-bond donors (Lipinski definition) is 1. The van der Waals surface area contributed by atoms with Crippen LogP contribution in [-0.4, -0.2) is 33.4 Å². The molecule has 0 aliphatic heterocycles. The topological polar surface area (TPSA) is 35.1 Å². The Hall–Kier alpha value is -0.580. The zero-order valence-corrected chi connectivity index (χ0v) is 11.2. The number of ether oxygens (including phenoxy) is 2. The van der Waals surface area contributed by atoms with Gasteiger partial charge in [0.25, 0.3) is 0 Å². The minimum absolute atomic E-state index is 0.764. The van der Waals surface area contributed by atoms with Crippen molar-refractivity contribution in [3.8, 4) is 5.75 Å². The standard InChI is InChI=1S/C12H18BrNO2/c1-15-9-7-14-6-3-8-16-12-5-2-4-11(13)10-12/h2,4-5,10,14H,3,6-9H2,1H3/p+1. The normalized spacial score (nSPS) is 10.4. The minimum atomic E-state index is 0.764. The van der Waals surface area contributed by atoms with Crippen molar-refractivity contribution in [1.82, 2.24) is 0 Å². The Morgan fingerprint density at radius 2 is 2.12 bits per heavy atom. The Morgan fingerprint density at radius 3 is 2.88 bits per heavy atom. The molecule has 0 spiro atoms. The quantitative estimate of drug-likeness (QED) is 0.735. The van der Waals surface area contributed by atoms with E-state index in [2.05, 4.69) is 21.2 Å². The van der Waals surface area contributed by atoms with Gasteiger partial charge in [-0.15, -0.1) is 0 Å². The fourth-order valence-corrected chi connectivity index (χ4v) is 1.70. The van der Waals surface area contributed by atoms with Crippen LogP contribution in [-0.2, 0) is 4.74 Å². The summed E-state index contributed by atoms with van der Waals surface area (Å²) in [5, 5.41) is 2.24. The van der Waals surface area contributed by atoms with Crippen LogP contribution in [0.25, 0.3) is 0 Å². The van der Waals surface area contributed by atoms with E-state index >= 15 is 0 Å². The molecule has 0 saturated heterocycles. The molecule has 0 aliphatic rings. The van der Waals surface area contributed by atoms with Gasteiger partial charge in [-0.1, -0.05) is 22.0 Å². The number of hydrogen-bond acceptors (Lipinski definition) is 2. The van der Waals surface area contributed by atoms with E-state index < -0.39 is 0 Å². The van der Waals surface area contributed by atoms with Gasteiger partial charge < -0.3 is 14.8 Å². The number of methoxy groups -OCH3 is 1. The first kappa shape index (κ1) is 13.5. The molecular weight excluding hydrogens is 270 g/mol. The number of nitrogens with two attached hydrogens (primary N) is 1. The van der Waals surface area contributed by atoms with E-state index in [1.807, 2.05) is 24.3 Å². The zero-order chi connectivity index (χ0) is 11.6. The predicted octanol–water partition coefficient (Wildman–Crippen LogP) is 1.43. The first-order chi connectivity index (χ1) is 7.83. The van der Waals surface area contributed by atoms with Crippen molar-refractivity contribution in [3.05, 3.63) is 28.7 Å². The van der Waals surface area contributed by atoms with Crippen molar-refractivity contribution in [2.75, 3.05) is 33.4 Å². The average Bonchev–Trinajstić information content (AvgIpc) is 2.28. The molecule has 0 heterocycles. The van der Waals surface area contributed by atoms with Crippen LogP contribution in [0.3, 0.4) is 0 Å². The molecule has 0 aliphatic carbocycles. The molecule has 1 rings (SSSR count). The molecule has 1 aromatic rings. The molecule has 0 aromatic heterocycles. The zero-order valence-electron chi connectivity index (χ0n) is 9.62. The second-order valence-electron chi connectivity index (χ2n) is 3.52. The van der Waals surface area contributed by atoms with Crippen molar-refractivity contribution in [1.29, 1.82) is 0 Å². The Bertz CT molecular complexity index is 294. The summed E-state index contributed by atoms with van der Waals surface area (Å²) in [7, 11) is 1.73. The van der Waals surface area contributed by atoms with Gasteiger partial charge in [-0.2, -0.15) is 0 Å². The van der Waals surface area contributed by atoms with E-state index in [1.165, 1.54) is 0 Å². The second-order valence-corrected chi connectivity index (χ2v) is 4.43. The van der Waals surface area contributed by atoms with Gasteiger partial charge in [0.1, 0.15) is 5.75 Å². The van der Waals surface area contributed by atoms with Crippen LogP contribution in [0.2, 0.25) is 0 Å². The Labute approximate surface area is 105 Å². The third kappa shape index (κ3) is 6.10. The molecule has 0 atom stereocenters. The molecule has 0 bridgehead atoms. The first-order valence-electron chi connectivity index (χ1n) is 5.52. The number of quaternary nitrogens is 1. The molecule has 0 saturated carbocycles. The first-order valence-corrected chi connectivity index (χ1v) is 6.31. The summed E-state index contributed by atoms with van der Waals surface area (Å²) in [6.45, 7) is 3.68. The lowest BCUT2D eigenvalue weighted by Crippen LogP contribution is -2.85. The highest BCUT2D eigenvalue weighted by molar-refractivity contribution is 9.10.